The lowest BCUT2D eigenvalue weighted by atomic mass is 10.1. The molecule has 0 aromatic carbocycles. The Hall–Kier alpha value is -0.870. The summed E-state index contributed by atoms with van der Waals surface area (Å²) in [6.07, 6.45) is 2.49. The van der Waals surface area contributed by atoms with Gasteiger partial charge in [0, 0.05) is 31.5 Å². The van der Waals surface area contributed by atoms with Crippen LogP contribution in [-0.2, 0) is 7.05 Å². The zero-order valence-electron chi connectivity index (χ0n) is 7.49. The van der Waals surface area contributed by atoms with E-state index in [2.05, 4.69) is 5.10 Å². The standard InChI is InChI=1S/C8H15N3O/c1-6-7(5-11(2)10-6)8(9)3-4-12/h5,8,12H,3-4,9H2,1-2H3. The maximum absolute atomic E-state index is 8.69. The summed E-state index contributed by atoms with van der Waals surface area (Å²) in [7, 11) is 1.86. The highest BCUT2D eigenvalue weighted by Gasteiger charge is 2.10. The van der Waals surface area contributed by atoms with Gasteiger partial charge in [-0.15, -0.1) is 0 Å². The average molecular weight is 169 g/mol. The molecular formula is C8H15N3O. The Balaban J connectivity index is 2.79. The summed E-state index contributed by atoms with van der Waals surface area (Å²) < 4.78 is 1.74. The predicted octanol–water partition coefficient (Wildman–Crippen LogP) is 0.111. The van der Waals surface area contributed by atoms with Gasteiger partial charge in [0.15, 0.2) is 0 Å². The number of nitrogens with zero attached hydrogens (tertiary/aromatic N) is 2. The van der Waals surface area contributed by atoms with Crippen LogP contribution in [0.15, 0.2) is 6.20 Å². The molecule has 0 saturated heterocycles. The van der Waals surface area contributed by atoms with Crippen LogP contribution in [0.25, 0.3) is 0 Å². The molecule has 1 aromatic heterocycles. The molecular weight excluding hydrogens is 154 g/mol. The summed E-state index contributed by atoms with van der Waals surface area (Å²) in [6.45, 7) is 2.04. The van der Waals surface area contributed by atoms with Crippen LogP contribution in [0.3, 0.4) is 0 Å². The van der Waals surface area contributed by atoms with Crippen LogP contribution in [0.2, 0.25) is 0 Å². The van der Waals surface area contributed by atoms with Crippen molar-refractivity contribution in [2.24, 2.45) is 12.8 Å². The van der Waals surface area contributed by atoms with Gasteiger partial charge in [0.25, 0.3) is 0 Å². The van der Waals surface area contributed by atoms with Gasteiger partial charge in [0.2, 0.25) is 0 Å². The van der Waals surface area contributed by atoms with Crippen molar-refractivity contribution in [3.63, 3.8) is 0 Å². The van der Waals surface area contributed by atoms with E-state index in [0.29, 0.717) is 6.42 Å². The van der Waals surface area contributed by atoms with Gasteiger partial charge in [0.1, 0.15) is 0 Å². The minimum atomic E-state index is -0.0938. The molecule has 0 aliphatic rings. The number of aryl methyl sites for hydroxylation is 2. The van der Waals surface area contributed by atoms with Gasteiger partial charge < -0.3 is 10.8 Å². The number of aliphatic hydroxyl groups excluding tert-OH is 1. The molecule has 1 unspecified atom stereocenters. The van der Waals surface area contributed by atoms with Crippen LogP contribution >= 0.6 is 0 Å². The number of hydrogen-bond donors (Lipinski definition) is 2. The third kappa shape index (κ3) is 1.84. The molecule has 68 valence electrons. The first-order chi connectivity index (χ1) is 5.65. The Morgan fingerprint density at radius 3 is 2.83 bits per heavy atom. The highest BCUT2D eigenvalue weighted by atomic mass is 16.3. The molecule has 1 heterocycles. The maximum Gasteiger partial charge on any atom is 0.0641 e. The monoisotopic (exact) mass is 169 g/mol. The fourth-order valence-electron chi connectivity index (χ4n) is 1.28. The maximum atomic E-state index is 8.69. The van der Waals surface area contributed by atoms with Crippen LogP contribution in [0.5, 0.6) is 0 Å². The Bertz CT molecular complexity index is 257. The number of nitrogens with two attached hydrogens (primary N) is 1. The molecule has 0 fully saturated rings. The summed E-state index contributed by atoms with van der Waals surface area (Å²) >= 11 is 0. The summed E-state index contributed by atoms with van der Waals surface area (Å²) in [4.78, 5) is 0. The highest BCUT2D eigenvalue weighted by molar-refractivity contribution is 5.19. The summed E-state index contributed by atoms with van der Waals surface area (Å²) in [6, 6.07) is -0.0938. The third-order valence-corrected chi connectivity index (χ3v) is 1.89. The van der Waals surface area contributed by atoms with E-state index in [1.807, 2.05) is 20.2 Å². The van der Waals surface area contributed by atoms with Gasteiger partial charge in [-0.1, -0.05) is 0 Å². The Morgan fingerprint density at radius 2 is 2.42 bits per heavy atom. The van der Waals surface area contributed by atoms with E-state index in [1.54, 1.807) is 4.68 Å². The highest BCUT2D eigenvalue weighted by Crippen LogP contribution is 2.15. The van der Waals surface area contributed by atoms with Gasteiger partial charge in [-0.2, -0.15) is 5.10 Å². The molecule has 0 amide bonds. The Labute approximate surface area is 72.0 Å². The molecule has 0 radical (unpaired) electrons. The van der Waals surface area contributed by atoms with Gasteiger partial charge in [0.05, 0.1) is 5.69 Å². The first kappa shape index (κ1) is 9.22. The number of hydrogen-bond acceptors (Lipinski definition) is 3. The number of aromatic nitrogens is 2. The fraction of sp³-hybridized carbons (Fsp3) is 0.625. The molecule has 3 N–H and O–H groups in total. The van der Waals surface area contributed by atoms with E-state index in [0.717, 1.165) is 11.3 Å². The Morgan fingerprint density at radius 1 is 1.75 bits per heavy atom. The van der Waals surface area contributed by atoms with E-state index in [1.165, 1.54) is 0 Å². The van der Waals surface area contributed by atoms with E-state index < -0.39 is 0 Å². The van der Waals surface area contributed by atoms with Crippen molar-refractivity contribution < 1.29 is 5.11 Å². The van der Waals surface area contributed by atoms with Crippen molar-refractivity contribution in [3.8, 4) is 0 Å². The van der Waals surface area contributed by atoms with Gasteiger partial charge in [-0.25, -0.2) is 0 Å². The topological polar surface area (TPSA) is 64.1 Å². The summed E-state index contributed by atoms with van der Waals surface area (Å²) in [5, 5.41) is 12.9. The van der Waals surface area contributed by atoms with Gasteiger partial charge in [-0.3, -0.25) is 4.68 Å². The Kier molecular flexibility index (Phi) is 2.83. The minimum Gasteiger partial charge on any atom is -0.396 e. The van der Waals surface area contributed by atoms with Crippen molar-refractivity contribution in [2.45, 2.75) is 19.4 Å². The predicted molar refractivity (Wildman–Crippen MR) is 46.6 cm³/mol. The lowest BCUT2D eigenvalue weighted by molar-refractivity contribution is 0.276. The summed E-state index contributed by atoms with van der Waals surface area (Å²) in [5.41, 5.74) is 7.77. The van der Waals surface area contributed by atoms with Crippen molar-refractivity contribution in [2.75, 3.05) is 6.61 Å². The quantitative estimate of drug-likeness (QED) is 0.675. The van der Waals surface area contributed by atoms with Crippen LogP contribution in [-0.4, -0.2) is 21.5 Å². The van der Waals surface area contributed by atoms with Crippen molar-refractivity contribution in [1.82, 2.24) is 9.78 Å². The van der Waals surface area contributed by atoms with Crippen LogP contribution < -0.4 is 5.73 Å². The number of aliphatic hydroxyl groups is 1. The minimum absolute atomic E-state index is 0.0938. The molecule has 4 nitrogen and oxygen atoms in total. The second-order valence-electron chi connectivity index (χ2n) is 2.96. The molecule has 1 rings (SSSR count). The second-order valence-corrected chi connectivity index (χ2v) is 2.96. The fourth-order valence-corrected chi connectivity index (χ4v) is 1.28. The molecule has 1 aromatic rings. The normalized spacial score (nSPS) is 13.3. The SMILES string of the molecule is Cc1nn(C)cc1C(N)CCO. The van der Waals surface area contributed by atoms with Crippen LogP contribution in [0, 0.1) is 6.92 Å². The smallest absolute Gasteiger partial charge is 0.0641 e. The number of rotatable bonds is 3. The van der Waals surface area contributed by atoms with E-state index in [4.69, 9.17) is 10.8 Å². The van der Waals surface area contributed by atoms with E-state index in [9.17, 15) is 0 Å². The molecule has 0 aliphatic carbocycles. The molecule has 1 atom stereocenters. The van der Waals surface area contributed by atoms with Crippen molar-refractivity contribution >= 4 is 0 Å². The van der Waals surface area contributed by atoms with Crippen LogP contribution in [0.4, 0.5) is 0 Å². The average Bonchev–Trinajstić information content (AvgIpc) is 2.30. The van der Waals surface area contributed by atoms with Crippen molar-refractivity contribution in [3.05, 3.63) is 17.5 Å². The molecule has 0 saturated carbocycles. The second kappa shape index (κ2) is 3.69. The molecule has 0 aliphatic heterocycles. The van der Waals surface area contributed by atoms with E-state index in [-0.39, 0.29) is 12.6 Å². The molecule has 4 heteroatoms. The van der Waals surface area contributed by atoms with Crippen molar-refractivity contribution in [1.29, 1.82) is 0 Å². The van der Waals surface area contributed by atoms with Gasteiger partial charge >= 0.3 is 0 Å². The van der Waals surface area contributed by atoms with Crippen LogP contribution in [0.1, 0.15) is 23.7 Å². The lowest BCUT2D eigenvalue weighted by Gasteiger charge is -2.07. The third-order valence-electron chi connectivity index (χ3n) is 1.89. The largest absolute Gasteiger partial charge is 0.396 e. The first-order valence-electron chi connectivity index (χ1n) is 4.01. The first-order valence-corrected chi connectivity index (χ1v) is 4.01. The van der Waals surface area contributed by atoms with E-state index >= 15 is 0 Å². The molecule has 0 bridgehead atoms. The zero-order valence-corrected chi connectivity index (χ0v) is 7.49. The molecule has 0 spiro atoms. The summed E-state index contributed by atoms with van der Waals surface area (Å²) in [5.74, 6) is 0. The zero-order chi connectivity index (χ0) is 9.14. The lowest BCUT2D eigenvalue weighted by Crippen LogP contribution is -2.12. The molecule has 12 heavy (non-hydrogen) atoms. The van der Waals surface area contributed by atoms with Gasteiger partial charge in [-0.05, 0) is 13.3 Å².